The van der Waals surface area contributed by atoms with Gasteiger partial charge in [0.2, 0.25) is 19.7 Å². The number of sulfone groups is 2. The molecule has 0 bridgehead atoms. The van der Waals surface area contributed by atoms with Crippen LogP contribution < -0.4 is 0 Å². The number of hydrogen-bond donors (Lipinski definition) is 0. The molecule has 0 atom stereocenters. The summed E-state index contributed by atoms with van der Waals surface area (Å²) >= 11 is 0. The SMILES string of the molecule is CC(C)(C)S(=O)(=O)C(=O)S(=O)(=O)C(C)(C)C. The van der Waals surface area contributed by atoms with Gasteiger partial charge in [-0.25, -0.2) is 16.8 Å². The van der Waals surface area contributed by atoms with Crippen LogP contribution in [-0.2, 0) is 19.7 Å². The summed E-state index contributed by atoms with van der Waals surface area (Å²) in [4.78, 5) is 11.6. The minimum atomic E-state index is -4.34. The third-order valence-corrected chi connectivity index (χ3v) is 7.47. The summed E-state index contributed by atoms with van der Waals surface area (Å²) in [6.45, 7) is 7.74. The van der Waals surface area contributed by atoms with E-state index in [1.807, 2.05) is 0 Å². The molecule has 0 aliphatic carbocycles. The number of carbonyl (C=O) groups is 1. The van der Waals surface area contributed by atoms with Crippen LogP contribution in [0.1, 0.15) is 41.5 Å². The molecule has 0 aromatic carbocycles. The summed E-state index contributed by atoms with van der Waals surface area (Å²) in [5.74, 6) is 0. The van der Waals surface area contributed by atoms with Crippen molar-refractivity contribution in [1.82, 2.24) is 0 Å². The van der Waals surface area contributed by atoms with Gasteiger partial charge in [0.05, 0.1) is 9.49 Å². The molecule has 5 nitrogen and oxygen atoms in total. The molecule has 16 heavy (non-hydrogen) atoms. The van der Waals surface area contributed by atoms with E-state index in [1.165, 1.54) is 41.5 Å². The van der Waals surface area contributed by atoms with Crippen molar-refractivity contribution in [3.05, 3.63) is 0 Å². The van der Waals surface area contributed by atoms with E-state index >= 15 is 0 Å². The quantitative estimate of drug-likeness (QED) is 0.666. The van der Waals surface area contributed by atoms with Crippen LogP contribution in [0.15, 0.2) is 0 Å². The summed E-state index contributed by atoms with van der Waals surface area (Å²) in [7, 11) is -8.69. The van der Waals surface area contributed by atoms with Gasteiger partial charge in [-0.2, -0.15) is 0 Å². The first-order valence-corrected chi connectivity index (χ1v) is 7.65. The lowest BCUT2D eigenvalue weighted by atomic mass is 10.3. The monoisotopic (exact) mass is 270 g/mol. The van der Waals surface area contributed by atoms with E-state index in [9.17, 15) is 21.6 Å². The van der Waals surface area contributed by atoms with E-state index in [2.05, 4.69) is 0 Å². The zero-order valence-corrected chi connectivity index (χ0v) is 12.0. The smallest absolute Gasteiger partial charge is 0.263 e. The standard InChI is InChI=1S/C9H18O5S2/c1-8(2,3)15(11,12)7(10)16(13,14)9(4,5)6/h1-6H3. The van der Waals surface area contributed by atoms with E-state index < -0.39 is 33.6 Å². The topological polar surface area (TPSA) is 85.3 Å². The van der Waals surface area contributed by atoms with Crippen LogP contribution in [0.4, 0.5) is 4.79 Å². The molecule has 0 unspecified atom stereocenters. The third-order valence-electron chi connectivity index (χ3n) is 2.05. The highest BCUT2D eigenvalue weighted by Crippen LogP contribution is 2.26. The van der Waals surface area contributed by atoms with Gasteiger partial charge in [0.1, 0.15) is 0 Å². The molecule has 0 aliphatic heterocycles. The number of carbonyl (C=O) groups excluding carboxylic acids is 1. The summed E-state index contributed by atoms with van der Waals surface area (Å²) in [5, 5.41) is 0. The average Bonchev–Trinajstić information content (AvgIpc) is 1.98. The minimum Gasteiger partial charge on any atom is -0.263 e. The summed E-state index contributed by atoms with van der Waals surface area (Å²) in [6, 6.07) is 0. The fraction of sp³-hybridized carbons (Fsp3) is 0.889. The first-order chi connectivity index (χ1) is 6.65. The van der Waals surface area contributed by atoms with Crippen LogP contribution in [-0.4, -0.2) is 30.8 Å². The highest BCUT2D eigenvalue weighted by Gasteiger charge is 2.48. The van der Waals surface area contributed by atoms with Gasteiger partial charge >= 0.3 is 4.45 Å². The van der Waals surface area contributed by atoms with Crippen LogP contribution in [0.25, 0.3) is 0 Å². The van der Waals surface area contributed by atoms with E-state index in [-0.39, 0.29) is 0 Å². The molecule has 0 saturated heterocycles. The molecule has 0 rings (SSSR count). The minimum absolute atomic E-state index is 1.29. The molecule has 0 aromatic rings. The second-order valence-corrected chi connectivity index (χ2v) is 10.9. The fourth-order valence-electron chi connectivity index (χ4n) is 0.644. The van der Waals surface area contributed by atoms with Crippen LogP contribution in [0.3, 0.4) is 0 Å². The Hall–Kier alpha value is -0.430. The molecule has 0 amide bonds. The highest BCUT2D eigenvalue weighted by molar-refractivity contribution is 8.31. The zero-order valence-electron chi connectivity index (χ0n) is 10.4. The van der Waals surface area contributed by atoms with Crippen LogP contribution in [0.5, 0.6) is 0 Å². The van der Waals surface area contributed by atoms with E-state index in [0.29, 0.717) is 0 Å². The van der Waals surface area contributed by atoms with Gasteiger partial charge < -0.3 is 0 Å². The van der Waals surface area contributed by atoms with Crippen molar-refractivity contribution in [2.45, 2.75) is 51.0 Å². The first kappa shape index (κ1) is 15.6. The predicted molar refractivity (Wildman–Crippen MR) is 62.7 cm³/mol. The average molecular weight is 270 g/mol. The molecule has 0 aliphatic rings. The van der Waals surface area contributed by atoms with Crippen molar-refractivity contribution in [1.29, 1.82) is 0 Å². The predicted octanol–water partition coefficient (Wildman–Crippen LogP) is 1.53. The molecule has 0 aromatic heterocycles. The third kappa shape index (κ3) is 2.45. The Morgan fingerprint density at radius 2 is 0.875 bits per heavy atom. The molecule has 0 saturated carbocycles. The van der Waals surface area contributed by atoms with E-state index in [1.54, 1.807) is 0 Å². The lowest BCUT2D eigenvalue weighted by Crippen LogP contribution is -2.43. The van der Waals surface area contributed by atoms with Crippen LogP contribution >= 0.6 is 0 Å². The summed E-state index contributed by atoms with van der Waals surface area (Å²) in [6.07, 6.45) is 0. The van der Waals surface area contributed by atoms with Gasteiger partial charge in [-0.3, -0.25) is 4.79 Å². The highest BCUT2D eigenvalue weighted by atomic mass is 32.3. The van der Waals surface area contributed by atoms with E-state index in [0.717, 1.165) is 0 Å². The van der Waals surface area contributed by atoms with Crippen LogP contribution in [0.2, 0.25) is 0 Å². The molecular weight excluding hydrogens is 252 g/mol. The molecule has 0 heterocycles. The Kier molecular flexibility index (Phi) is 3.70. The summed E-state index contributed by atoms with van der Waals surface area (Å²) in [5.41, 5.74) is 0. The van der Waals surface area contributed by atoms with Gasteiger partial charge in [0, 0.05) is 0 Å². The maximum absolute atomic E-state index is 11.7. The van der Waals surface area contributed by atoms with Gasteiger partial charge in [0.15, 0.2) is 0 Å². The second kappa shape index (κ2) is 3.80. The molecular formula is C9H18O5S2. The molecule has 0 radical (unpaired) electrons. The van der Waals surface area contributed by atoms with Crippen molar-refractivity contribution >= 4 is 24.1 Å². The zero-order chi connectivity index (χ0) is 13.6. The summed E-state index contributed by atoms with van der Waals surface area (Å²) < 4.78 is 42.3. The van der Waals surface area contributed by atoms with Crippen molar-refractivity contribution in [2.75, 3.05) is 0 Å². The van der Waals surface area contributed by atoms with Gasteiger partial charge in [0.25, 0.3) is 0 Å². The maximum Gasteiger partial charge on any atom is 0.360 e. The molecule has 7 heteroatoms. The molecule has 0 fully saturated rings. The largest absolute Gasteiger partial charge is 0.360 e. The Morgan fingerprint density at radius 3 is 1.00 bits per heavy atom. The Bertz CT molecular complexity index is 437. The molecule has 96 valence electrons. The molecule has 0 spiro atoms. The van der Waals surface area contributed by atoms with Gasteiger partial charge in [-0.15, -0.1) is 0 Å². The maximum atomic E-state index is 11.7. The fourth-order valence-corrected chi connectivity index (χ4v) is 4.30. The second-order valence-electron chi connectivity index (χ2n) is 5.48. The first-order valence-electron chi connectivity index (χ1n) is 4.69. The Labute approximate surface area is 97.1 Å². The van der Waals surface area contributed by atoms with Crippen molar-refractivity contribution < 1.29 is 21.6 Å². The Balaban J connectivity index is 5.81. The van der Waals surface area contributed by atoms with Crippen molar-refractivity contribution in [3.63, 3.8) is 0 Å². The van der Waals surface area contributed by atoms with Crippen molar-refractivity contribution in [3.8, 4) is 0 Å². The van der Waals surface area contributed by atoms with Gasteiger partial charge in [-0.1, -0.05) is 0 Å². The number of rotatable bonds is 0. The lowest BCUT2D eigenvalue weighted by Gasteiger charge is -2.22. The lowest BCUT2D eigenvalue weighted by molar-refractivity contribution is 0.272. The normalized spacial score (nSPS) is 14.9. The van der Waals surface area contributed by atoms with Crippen LogP contribution in [0, 0.1) is 0 Å². The van der Waals surface area contributed by atoms with Crippen molar-refractivity contribution in [2.24, 2.45) is 0 Å². The van der Waals surface area contributed by atoms with Gasteiger partial charge in [-0.05, 0) is 41.5 Å². The van der Waals surface area contributed by atoms with E-state index in [4.69, 9.17) is 0 Å². The molecule has 0 N–H and O–H groups in total. The number of hydrogen-bond acceptors (Lipinski definition) is 5. The Morgan fingerprint density at radius 1 is 0.688 bits per heavy atom.